The maximum Gasteiger partial charge on any atom is 0.397 e. The Morgan fingerprint density at radius 3 is 2.07 bits per heavy atom. The molecule has 0 radical (unpaired) electrons. The molecule has 1 fully saturated rings. The van der Waals surface area contributed by atoms with E-state index in [1.807, 2.05) is 0 Å². The normalized spacial score (nSPS) is 38.6. The summed E-state index contributed by atoms with van der Waals surface area (Å²) in [7, 11) is -3.51. The van der Waals surface area contributed by atoms with Crippen molar-refractivity contribution in [1.82, 2.24) is 0 Å². The van der Waals surface area contributed by atoms with Crippen LogP contribution < -0.4 is 0 Å². The zero-order valence-corrected chi connectivity index (χ0v) is 9.91. The van der Waals surface area contributed by atoms with Gasteiger partial charge in [-0.05, 0) is 13.8 Å². The lowest BCUT2D eigenvalue weighted by Gasteiger charge is -2.31. The number of carbonyl (C=O) groups is 1. The van der Waals surface area contributed by atoms with E-state index >= 15 is 0 Å². The van der Waals surface area contributed by atoms with Gasteiger partial charge in [-0.1, -0.05) is 13.8 Å². The van der Waals surface area contributed by atoms with Gasteiger partial charge in [0, 0.05) is 12.3 Å². The molecule has 4 nitrogen and oxygen atoms in total. The molecule has 0 N–H and O–H groups in total. The first-order chi connectivity index (χ1) is 6.35. The lowest BCUT2D eigenvalue weighted by atomic mass is 10.2. The smallest absolute Gasteiger partial charge is 0.300 e. The van der Waals surface area contributed by atoms with E-state index in [9.17, 15) is 9.36 Å². The molecule has 1 rings (SSSR count). The molecule has 2 unspecified atom stereocenters. The van der Waals surface area contributed by atoms with Crippen molar-refractivity contribution in [3.8, 4) is 0 Å². The molecule has 0 aliphatic carbocycles. The van der Waals surface area contributed by atoms with Crippen molar-refractivity contribution < 1.29 is 18.4 Å². The summed E-state index contributed by atoms with van der Waals surface area (Å²) >= 11 is 0. The Kier molecular flexibility index (Phi) is 3.51. The van der Waals surface area contributed by atoms with Gasteiger partial charge in [-0.2, -0.15) is 0 Å². The van der Waals surface area contributed by atoms with E-state index in [0.29, 0.717) is 6.42 Å². The molecule has 1 aliphatic heterocycles. The van der Waals surface area contributed by atoms with E-state index in [0.717, 1.165) is 0 Å². The standard InChI is InChI=1S/C9H17O4P/c1-6(2)9(10)14(11)12-7(3)5-8(4)13-14/h6-8H,5H2,1-4H3. The first-order valence-electron chi connectivity index (χ1n) is 4.86. The zero-order chi connectivity index (χ0) is 10.9. The van der Waals surface area contributed by atoms with Crippen molar-refractivity contribution in [2.24, 2.45) is 5.92 Å². The highest BCUT2D eigenvalue weighted by Gasteiger charge is 2.43. The number of rotatable bonds is 2. The van der Waals surface area contributed by atoms with Crippen molar-refractivity contribution in [3.63, 3.8) is 0 Å². The average Bonchev–Trinajstić information content (AvgIpc) is 1.99. The topological polar surface area (TPSA) is 52.6 Å². The molecule has 0 saturated carbocycles. The van der Waals surface area contributed by atoms with E-state index in [4.69, 9.17) is 9.05 Å². The maximum absolute atomic E-state index is 12.0. The van der Waals surface area contributed by atoms with Crippen molar-refractivity contribution in [3.05, 3.63) is 0 Å². The number of carbonyl (C=O) groups excluding carboxylic acids is 1. The minimum atomic E-state index is -3.51. The largest absolute Gasteiger partial charge is 0.397 e. The van der Waals surface area contributed by atoms with E-state index in [1.54, 1.807) is 27.7 Å². The Labute approximate surface area is 84.5 Å². The third kappa shape index (κ3) is 2.44. The van der Waals surface area contributed by atoms with Crippen LogP contribution in [0.4, 0.5) is 0 Å². The van der Waals surface area contributed by atoms with Gasteiger partial charge in [0.1, 0.15) is 0 Å². The summed E-state index contributed by atoms with van der Waals surface area (Å²) in [5.74, 6) is -0.321. The molecule has 0 bridgehead atoms. The van der Waals surface area contributed by atoms with E-state index in [1.165, 1.54) is 0 Å². The molecule has 5 heteroatoms. The fourth-order valence-electron chi connectivity index (χ4n) is 1.47. The lowest BCUT2D eigenvalue weighted by Crippen LogP contribution is -2.28. The van der Waals surface area contributed by atoms with Crippen molar-refractivity contribution in [1.29, 1.82) is 0 Å². The first-order valence-corrected chi connectivity index (χ1v) is 6.40. The fraction of sp³-hybridized carbons (Fsp3) is 0.889. The Balaban J connectivity index is 2.83. The third-order valence-electron chi connectivity index (χ3n) is 2.07. The van der Waals surface area contributed by atoms with Crippen LogP contribution in [0.25, 0.3) is 0 Å². The second-order valence-electron chi connectivity index (χ2n) is 4.06. The molecule has 0 aromatic heterocycles. The Hall–Kier alpha value is -0.180. The van der Waals surface area contributed by atoms with Crippen LogP contribution in [0.15, 0.2) is 0 Å². The van der Waals surface area contributed by atoms with Gasteiger partial charge in [0.15, 0.2) is 0 Å². The average molecular weight is 220 g/mol. The SMILES string of the molecule is CC1CC(C)OP(=O)(C(=O)C(C)C)O1. The molecule has 14 heavy (non-hydrogen) atoms. The summed E-state index contributed by atoms with van der Waals surface area (Å²) in [5, 5.41) is 0. The summed E-state index contributed by atoms with van der Waals surface area (Å²) in [6.07, 6.45) is 0.328. The zero-order valence-electron chi connectivity index (χ0n) is 9.02. The highest BCUT2D eigenvalue weighted by atomic mass is 31.2. The van der Waals surface area contributed by atoms with Gasteiger partial charge >= 0.3 is 7.60 Å². The Bertz CT molecular complexity index is 260. The number of hydrogen-bond donors (Lipinski definition) is 0. The summed E-state index contributed by atoms with van der Waals surface area (Å²) < 4.78 is 22.3. The van der Waals surface area contributed by atoms with Crippen LogP contribution in [0.2, 0.25) is 0 Å². The van der Waals surface area contributed by atoms with Gasteiger partial charge in [-0.15, -0.1) is 0 Å². The van der Waals surface area contributed by atoms with Gasteiger partial charge in [0.2, 0.25) is 5.52 Å². The molecule has 0 spiro atoms. The molecular formula is C9H17O4P. The molecule has 0 aromatic carbocycles. The molecule has 1 aliphatic rings. The van der Waals surface area contributed by atoms with Gasteiger partial charge in [0.25, 0.3) is 0 Å². The second kappa shape index (κ2) is 4.13. The summed E-state index contributed by atoms with van der Waals surface area (Å²) in [6, 6.07) is 0. The quantitative estimate of drug-likeness (QED) is 0.671. The highest BCUT2D eigenvalue weighted by molar-refractivity contribution is 7.71. The summed E-state index contributed by atoms with van der Waals surface area (Å²) in [6.45, 7) is 7.00. The van der Waals surface area contributed by atoms with Gasteiger partial charge in [0.05, 0.1) is 12.2 Å². The van der Waals surface area contributed by atoms with E-state index in [2.05, 4.69) is 0 Å². The third-order valence-corrected chi connectivity index (χ3v) is 4.40. The highest BCUT2D eigenvalue weighted by Crippen LogP contribution is 2.56. The van der Waals surface area contributed by atoms with Crippen molar-refractivity contribution >= 4 is 13.1 Å². The fourth-order valence-corrected chi connectivity index (χ4v) is 3.48. The number of hydrogen-bond acceptors (Lipinski definition) is 4. The first kappa shape index (κ1) is 11.9. The predicted molar refractivity (Wildman–Crippen MR) is 53.2 cm³/mol. The van der Waals surface area contributed by atoms with Crippen LogP contribution in [0.5, 0.6) is 0 Å². The van der Waals surface area contributed by atoms with Crippen LogP contribution in [0.1, 0.15) is 34.1 Å². The van der Waals surface area contributed by atoms with Crippen LogP contribution >= 0.6 is 7.60 Å². The van der Waals surface area contributed by atoms with E-state index < -0.39 is 13.1 Å². The second-order valence-corrected chi connectivity index (χ2v) is 5.92. The Morgan fingerprint density at radius 2 is 1.71 bits per heavy atom. The van der Waals surface area contributed by atoms with Gasteiger partial charge in [-0.25, -0.2) is 0 Å². The maximum atomic E-state index is 12.0. The minimum absolute atomic E-state index is 0.174. The van der Waals surface area contributed by atoms with Crippen molar-refractivity contribution in [2.75, 3.05) is 0 Å². The minimum Gasteiger partial charge on any atom is -0.300 e. The van der Waals surface area contributed by atoms with Gasteiger partial charge < -0.3 is 9.05 Å². The molecule has 1 saturated heterocycles. The van der Waals surface area contributed by atoms with Crippen molar-refractivity contribution in [2.45, 2.75) is 46.3 Å². The lowest BCUT2D eigenvalue weighted by molar-refractivity contribution is -0.118. The molecule has 82 valence electrons. The predicted octanol–water partition coefficient (Wildman–Crippen LogP) is 2.58. The molecule has 2 atom stereocenters. The summed E-state index contributed by atoms with van der Waals surface area (Å²) in [4.78, 5) is 11.6. The van der Waals surface area contributed by atoms with Gasteiger partial charge in [-0.3, -0.25) is 9.36 Å². The Morgan fingerprint density at radius 1 is 1.29 bits per heavy atom. The monoisotopic (exact) mass is 220 g/mol. The van der Waals surface area contributed by atoms with E-state index in [-0.39, 0.29) is 18.1 Å². The van der Waals surface area contributed by atoms with Crippen LogP contribution in [-0.2, 0) is 18.4 Å². The van der Waals surface area contributed by atoms with Crippen LogP contribution in [-0.4, -0.2) is 17.7 Å². The summed E-state index contributed by atoms with van der Waals surface area (Å²) in [5.41, 5.74) is -0.420. The molecular weight excluding hydrogens is 203 g/mol. The molecule has 0 aromatic rings. The van der Waals surface area contributed by atoms with Crippen LogP contribution in [0, 0.1) is 5.92 Å². The molecule has 1 heterocycles. The molecule has 0 amide bonds. The van der Waals surface area contributed by atoms with Crippen LogP contribution in [0.3, 0.4) is 0 Å².